The average molecular weight is 429 g/mol. The van der Waals surface area contributed by atoms with Crippen molar-refractivity contribution in [2.24, 2.45) is 0 Å². The molecule has 0 heterocycles. The highest BCUT2D eigenvalue weighted by Gasteiger charge is 2.25. The van der Waals surface area contributed by atoms with E-state index in [9.17, 15) is 17.6 Å². The third kappa shape index (κ3) is 13.1. The van der Waals surface area contributed by atoms with E-state index >= 15 is 0 Å². The van der Waals surface area contributed by atoms with E-state index < -0.39 is 12.6 Å². The lowest BCUT2D eigenvalue weighted by Crippen LogP contribution is -2.06. The lowest BCUT2D eigenvalue weighted by atomic mass is 9.92. The second-order valence-electron chi connectivity index (χ2n) is 8.49. The van der Waals surface area contributed by atoms with Crippen LogP contribution in [-0.4, -0.2) is 6.18 Å². The molecule has 0 atom stereocenters. The fraction of sp³-hybridized carbons (Fsp3) is 0.692. The minimum Gasteiger partial charge on any atom is -0.207 e. The molecule has 0 saturated heterocycles. The first kappa shape index (κ1) is 26.7. The number of rotatable bonds is 16. The van der Waals surface area contributed by atoms with Crippen molar-refractivity contribution < 1.29 is 17.6 Å². The van der Waals surface area contributed by atoms with Gasteiger partial charge in [0.05, 0.1) is 0 Å². The van der Waals surface area contributed by atoms with E-state index in [0.29, 0.717) is 12.8 Å². The van der Waals surface area contributed by atoms with Crippen LogP contribution in [-0.2, 0) is 0 Å². The van der Waals surface area contributed by atoms with Gasteiger partial charge in [-0.25, -0.2) is 4.39 Å². The standard InChI is InChI=1S/C26H40F4/c1-3-4-5-6-7-8-9-10-11-12-15-23(16-13-14-21-26(28,29)30)22(2)24-17-19-25(27)20-18-24/h17-20H,3-16,21H2,1-2H3/b23-22+. The largest absolute Gasteiger partial charge is 0.389 e. The van der Waals surface area contributed by atoms with Gasteiger partial charge in [-0.05, 0) is 62.3 Å². The smallest absolute Gasteiger partial charge is 0.207 e. The van der Waals surface area contributed by atoms with E-state index in [1.165, 1.54) is 69.1 Å². The Morgan fingerprint density at radius 2 is 1.17 bits per heavy atom. The molecule has 0 unspecified atom stereocenters. The monoisotopic (exact) mass is 428 g/mol. The molecular formula is C26H40F4. The Hall–Kier alpha value is -1.32. The summed E-state index contributed by atoms with van der Waals surface area (Å²) in [5.74, 6) is -0.270. The molecule has 172 valence electrons. The maximum Gasteiger partial charge on any atom is 0.389 e. The predicted octanol–water partition coefficient (Wildman–Crippen LogP) is 10.0. The second kappa shape index (κ2) is 15.5. The number of benzene rings is 1. The third-order valence-electron chi connectivity index (χ3n) is 5.83. The van der Waals surface area contributed by atoms with Crippen molar-refractivity contribution in [3.8, 4) is 0 Å². The summed E-state index contributed by atoms with van der Waals surface area (Å²) in [6, 6.07) is 6.42. The molecular weight excluding hydrogens is 388 g/mol. The first-order valence-corrected chi connectivity index (χ1v) is 11.8. The quantitative estimate of drug-likeness (QED) is 0.181. The van der Waals surface area contributed by atoms with Crippen molar-refractivity contribution in [3.63, 3.8) is 0 Å². The summed E-state index contributed by atoms with van der Waals surface area (Å²) >= 11 is 0. The maximum atomic E-state index is 13.2. The van der Waals surface area contributed by atoms with Gasteiger partial charge in [-0.15, -0.1) is 0 Å². The summed E-state index contributed by atoms with van der Waals surface area (Å²) in [6.45, 7) is 4.25. The van der Waals surface area contributed by atoms with Gasteiger partial charge in [0.2, 0.25) is 0 Å². The van der Waals surface area contributed by atoms with Crippen molar-refractivity contribution in [1.82, 2.24) is 0 Å². The molecule has 0 saturated carbocycles. The predicted molar refractivity (Wildman–Crippen MR) is 120 cm³/mol. The zero-order valence-corrected chi connectivity index (χ0v) is 18.9. The van der Waals surface area contributed by atoms with E-state index in [1.807, 2.05) is 6.92 Å². The Balaban J connectivity index is 2.45. The van der Waals surface area contributed by atoms with Crippen LogP contribution in [0.2, 0.25) is 0 Å². The fourth-order valence-corrected chi connectivity index (χ4v) is 3.89. The summed E-state index contributed by atoms with van der Waals surface area (Å²) in [5.41, 5.74) is 3.29. The highest BCUT2D eigenvalue weighted by molar-refractivity contribution is 5.66. The molecule has 0 fully saturated rings. The summed E-state index contributed by atoms with van der Waals surface area (Å²) in [7, 11) is 0. The molecule has 0 bridgehead atoms. The van der Waals surface area contributed by atoms with Crippen LogP contribution in [0.5, 0.6) is 0 Å². The van der Waals surface area contributed by atoms with E-state index in [0.717, 1.165) is 30.4 Å². The molecule has 0 aliphatic carbocycles. The Bertz CT molecular complexity index is 584. The highest BCUT2D eigenvalue weighted by Crippen LogP contribution is 2.29. The molecule has 0 spiro atoms. The van der Waals surface area contributed by atoms with Crippen molar-refractivity contribution in [1.29, 1.82) is 0 Å². The molecule has 30 heavy (non-hydrogen) atoms. The second-order valence-corrected chi connectivity index (χ2v) is 8.49. The first-order valence-electron chi connectivity index (χ1n) is 11.8. The van der Waals surface area contributed by atoms with Gasteiger partial charge < -0.3 is 0 Å². The molecule has 1 rings (SSSR count). The van der Waals surface area contributed by atoms with Gasteiger partial charge in [0, 0.05) is 6.42 Å². The molecule has 0 radical (unpaired) electrons. The van der Waals surface area contributed by atoms with Crippen LogP contribution in [0.15, 0.2) is 29.8 Å². The van der Waals surface area contributed by atoms with Crippen molar-refractivity contribution >= 4 is 5.57 Å². The van der Waals surface area contributed by atoms with Crippen LogP contribution in [0.25, 0.3) is 5.57 Å². The lowest BCUT2D eigenvalue weighted by molar-refractivity contribution is -0.135. The summed E-state index contributed by atoms with van der Waals surface area (Å²) in [6.07, 6.45) is 10.2. The van der Waals surface area contributed by atoms with Crippen LogP contribution in [0, 0.1) is 5.82 Å². The molecule has 0 aliphatic rings. The number of unbranched alkanes of at least 4 members (excludes halogenated alkanes) is 10. The lowest BCUT2D eigenvalue weighted by Gasteiger charge is -2.14. The zero-order chi connectivity index (χ0) is 22.2. The zero-order valence-electron chi connectivity index (χ0n) is 18.9. The molecule has 0 N–H and O–H groups in total. The van der Waals surface area contributed by atoms with E-state index in [-0.39, 0.29) is 12.2 Å². The number of halogens is 4. The van der Waals surface area contributed by atoms with E-state index in [1.54, 1.807) is 12.1 Å². The SMILES string of the molecule is CCCCCCCCCCCC/C(CCCCC(F)(F)F)=C(/C)c1ccc(F)cc1. The fourth-order valence-electron chi connectivity index (χ4n) is 3.89. The van der Waals surface area contributed by atoms with Crippen molar-refractivity contribution in [3.05, 3.63) is 41.2 Å². The van der Waals surface area contributed by atoms with E-state index in [2.05, 4.69) is 6.92 Å². The van der Waals surface area contributed by atoms with Gasteiger partial charge in [0.1, 0.15) is 5.82 Å². The molecule has 0 nitrogen and oxygen atoms in total. The molecule has 1 aromatic rings. The van der Waals surface area contributed by atoms with Gasteiger partial charge in [-0.1, -0.05) is 82.4 Å². The van der Waals surface area contributed by atoms with Gasteiger partial charge in [-0.2, -0.15) is 13.2 Å². The summed E-state index contributed by atoms with van der Waals surface area (Å²) < 4.78 is 50.5. The third-order valence-corrected chi connectivity index (χ3v) is 5.83. The Kier molecular flexibility index (Phi) is 13.8. The van der Waals surface area contributed by atoms with Crippen LogP contribution < -0.4 is 0 Å². The number of hydrogen-bond donors (Lipinski definition) is 0. The highest BCUT2D eigenvalue weighted by atomic mass is 19.4. The van der Waals surface area contributed by atoms with Crippen LogP contribution in [0.4, 0.5) is 17.6 Å². The Morgan fingerprint density at radius 1 is 0.700 bits per heavy atom. The van der Waals surface area contributed by atoms with Crippen LogP contribution >= 0.6 is 0 Å². The summed E-state index contributed by atoms with van der Waals surface area (Å²) in [5, 5.41) is 0. The van der Waals surface area contributed by atoms with Gasteiger partial charge in [-0.3, -0.25) is 0 Å². The summed E-state index contributed by atoms with van der Waals surface area (Å²) in [4.78, 5) is 0. The number of hydrogen-bond acceptors (Lipinski definition) is 0. The molecule has 0 aromatic heterocycles. The Morgan fingerprint density at radius 3 is 1.67 bits per heavy atom. The first-order chi connectivity index (χ1) is 14.3. The van der Waals surface area contributed by atoms with Crippen molar-refractivity contribution in [2.45, 2.75) is 116 Å². The topological polar surface area (TPSA) is 0 Å². The van der Waals surface area contributed by atoms with Crippen molar-refractivity contribution in [2.75, 3.05) is 0 Å². The molecule has 1 aromatic carbocycles. The number of alkyl halides is 3. The van der Waals surface area contributed by atoms with Crippen LogP contribution in [0.3, 0.4) is 0 Å². The Labute approximate surface area is 181 Å². The normalized spacial score (nSPS) is 12.9. The van der Waals surface area contributed by atoms with Gasteiger partial charge >= 0.3 is 6.18 Å². The van der Waals surface area contributed by atoms with Crippen LogP contribution in [0.1, 0.15) is 116 Å². The minimum atomic E-state index is -4.08. The maximum absolute atomic E-state index is 13.2. The van der Waals surface area contributed by atoms with Gasteiger partial charge in [0.25, 0.3) is 0 Å². The average Bonchev–Trinajstić information content (AvgIpc) is 2.70. The number of allylic oxidation sites excluding steroid dienone is 2. The van der Waals surface area contributed by atoms with Gasteiger partial charge in [0.15, 0.2) is 0 Å². The molecule has 0 aliphatic heterocycles. The van der Waals surface area contributed by atoms with E-state index in [4.69, 9.17) is 0 Å². The minimum absolute atomic E-state index is 0.168. The molecule has 0 amide bonds. The molecule has 4 heteroatoms.